The van der Waals surface area contributed by atoms with Crippen molar-refractivity contribution in [2.75, 3.05) is 18.6 Å². The average molecular weight is 176 g/mol. The lowest BCUT2D eigenvalue weighted by atomic mass is 10.2. The van der Waals surface area contributed by atoms with Crippen LogP contribution in [0.4, 0.5) is 0 Å². The van der Waals surface area contributed by atoms with E-state index in [0.29, 0.717) is 12.1 Å². The number of rotatable bonds is 6. The molecule has 0 saturated heterocycles. The Morgan fingerprint density at radius 3 is 2.55 bits per heavy atom. The van der Waals surface area contributed by atoms with Gasteiger partial charge in [-0.2, -0.15) is 11.8 Å². The fourth-order valence-electron chi connectivity index (χ4n) is 0.758. The Morgan fingerprint density at radius 2 is 2.09 bits per heavy atom. The maximum absolute atomic E-state index is 5.83. The zero-order valence-electron chi connectivity index (χ0n) is 7.76. The SMILES string of the molecule is CSCCC(N)CNC(C)C. The molecule has 3 N–H and O–H groups in total. The molecule has 0 aromatic carbocycles. The number of hydrogen-bond acceptors (Lipinski definition) is 3. The number of hydrogen-bond donors (Lipinski definition) is 2. The highest BCUT2D eigenvalue weighted by Gasteiger charge is 2.01. The van der Waals surface area contributed by atoms with Gasteiger partial charge in [0.2, 0.25) is 0 Å². The minimum Gasteiger partial charge on any atom is -0.327 e. The topological polar surface area (TPSA) is 38.0 Å². The van der Waals surface area contributed by atoms with E-state index in [1.54, 1.807) is 0 Å². The van der Waals surface area contributed by atoms with Crippen LogP contribution in [0.5, 0.6) is 0 Å². The Kier molecular flexibility index (Phi) is 7.12. The van der Waals surface area contributed by atoms with Gasteiger partial charge in [0.15, 0.2) is 0 Å². The van der Waals surface area contributed by atoms with Crippen LogP contribution in [0.15, 0.2) is 0 Å². The molecule has 0 fully saturated rings. The van der Waals surface area contributed by atoms with Crippen molar-refractivity contribution in [2.24, 2.45) is 5.73 Å². The fraction of sp³-hybridized carbons (Fsp3) is 1.00. The molecule has 1 unspecified atom stereocenters. The molecule has 68 valence electrons. The van der Waals surface area contributed by atoms with E-state index in [0.717, 1.165) is 13.0 Å². The second-order valence-electron chi connectivity index (χ2n) is 3.10. The van der Waals surface area contributed by atoms with Crippen molar-refractivity contribution in [3.63, 3.8) is 0 Å². The summed E-state index contributed by atoms with van der Waals surface area (Å²) in [6.07, 6.45) is 3.23. The standard InChI is InChI=1S/C8H20N2S/c1-7(2)10-6-8(9)4-5-11-3/h7-8,10H,4-6,9H2,1-3H3. The first-order chi connectivity index (χ1) is 5.16. The van der Waals surface area contributed by atoms with Crippen molar-refractivity contribution in [1.82, 2.24) is 5.32 Å². The summed E-state index contributed by atoms with van der Waals surface area (Å²) < 4.78 is 0. The van der Waals surface area contributed by atoms with Crippen LogP contribution >= 0.6 is 11.8 Å². The van der Waals surface area contributed by atoms with Crippen molar-refractivity contribution in [1.29, 1.82) is 0 Å². The van der Waals surface area contributed by atoms with Gasteiger partial charge in [-0.1, -0.05) is 13.8 Å². The predicted molar refractivity (Wildman–Crippen MR) is 54.1 cm³/mol. The van der Waals surface area contributed by atoms with E-state index in [-0.39, 0.29) is 0 Å². The van der Waals surface area contributed by atoms with E-state index >= 15 is 0 Å². The van der Waals surface area contributed by atoms with Gasteiger partial charge in [-0.15, -0.1) is 0 Å². The Balaban J connectivity index is 3.15. The largest absolute Gasteiger partial charge is 0.327 e. The summed E-state index contributed by atoms with van der Waals surface area (Å²) in [5, 5.41) is 3.32. The Labute approximate surface area is 74.3 Å². The second-order valence-corrected chi connectivity index (χ2v) is 4.09. The van der Waals surface area contributed by atoms with Crippen molar-refractivity contribution in [3.8, 4) is 0 Å². The zero-order chi connectivity index (χ0) is 8.69. The highest BCUT2D eigenvalue weighted by molar-refractivity contribution is 7.98. The predicted octanol–water partition coefficient (Wildman–Crippen LogP) is 1.06. The highest BCUT2D eigenvalue weighted by Crippen LogP contribution is 1.97. The molecule has 0 aromatic heterocycles. The third-order valence-electron chi connectivity index (χ3n) is 1.48. The molecule has 0 spiro atoms. The maximum atomic E-state index is 5.83. The number of nitrogens with two attached hydrogens (primary N) is 1. The van der Waals surface area contributed by atoms with Gasteiger partial charge < -0.3 is 11.1 Å². The van der Waals surface area contributed by atoms with Crippen molar-refractivity contribution >= 4 is 11.8 Å². The second kappa shape index (κ2) is 6.95. The van der Waals surface area contributed by atoms with Crippen LogP contribution in [0.3, 0.4) is 0 Å². The Bertz CT molecular complexity index is 86.2. The van der Waals surface area contributed by atoms with Crippen LogP contribution in [-0.2, 0) is 0 Å². The molecule has 0 saturated carbocycles. The summed E-state index contributed by atoms with van der Waals surface area (Å²) in [6.45, 7) is 5.22. The molecule has 0 bridgehead atoms. The first-order valence-corrected chi connectivity index (χ1v) is 5.54. The molecule has 0 heterocycles. The minimum absolute atomic E-state index is 0.324. The summed E-state index contributed by atoms with van der Waals surface area (Å²) in [5.41, 5.74) is 5.83. The van der Waals surface area contributed by atoms with E-state index in [1.807, 2.05) is 11.8 Å². The number of thioether (sulfide) groups is 1. The zero-order valence-corrected chi connectivity index (χ0v) is 8.58. The van der Waals surface area contributed by atoms with Crippen LogP contribution in [0, 0.1) is 0 Å². The summed E-state index contributed by atoms with van der Waals surface area (Å²) in [5.74, 6) is 1.17. The van der Waals surface area contributed by atoms with E-state index in [2.05, 4.69) is 25.4 Å². The van der Waals surface area contributed by atoms with Crippen molar-refractivity contribution < 1.29 is 0 Å². The van der Waals surface area contributed by atoms with Gasteiger partial charge in [0, 0.05) is 18.6 Å². The molecule has 0 radical (unpaired) electrons. The minimum atomic E-state index is 0.324. The summed E-state index contributed by atoms with van der Waals surface area (Å²) in [6, 6.07) is 0.875. The van der Waals surface area contributed by atoms with Crippen LogP contribution in [0.1, 0.15) is 20.3 Å². The molecule has 0 aliphatic rings. The van der Waals surface area contributed by atoms with Crippen LogP contribution < -0.4 is 11.1 Å². The van der Waals surface area contributed by atoms with Gasteiger partial charge in [0.25, 0.3) is 0 Å². The van der Waals surface area contributed by atoms with Gasteiger partial charge in [0.1, 0.15) is 0 Å². The highest BCUT2D eigenvalue weighted by atomic mass is 32.2. The summed E-state index contributed by atoms with van der Waals surface area (Å²) >= 11 is 1.86. The van der Waals surface area contributed by atoms with E-state index < -0.39 is 0 Å². The van der Waals surface area contributed by atoms with Gasteiger partial charge in [-0.25, -0.2) is 0 Å². The molecule has 0 aliphatic heterocycles. The lowest BCUT2D eigenvalue weighted by Crippen LogP contribution is -2.37. The molecule has 3 heteroatoms. The van der Waals surface area contributed by atoms with Crippen LogP contribution in [0.25, 0.3) is 0 Å². The van der Waals surface area contributed by atoms with Gasteiger partial charge in [-0.05, 0) is 18.4 Å². The normalized spacial score (nSPS) is 13.9. The molecule has 2 nitrogen and oxygen atoms in total. The quantitative estimate of drug-likeness (QED) is 0.635. The Hall–Kier alpha value is 0.270. The monoisotopic (exact) mass is 176 g/mol. The van der Waals surface area contributed by atoms with E-state index in [4.69, 9.17) is 5.73 Å². The fourth-order valence-corrected chi connectivity index (χ4v) is 1.30. The van der Waals surface area contributed by atoms with Gasteiger partial charge >= 0.3 is 0 Å². The molecule has 0 aliphatic carbocycles. The molecule has 11 heavy (non-hydrogen) atoms. The smallest absolute Gasteiger partial charge is 0.0173 e. The maximum Gasteiger partial charge on any atom is 0.0173 e. The molecule has 0 rings (SSSR count). The van der Waals surface area contributed by atoms with E-state index in [1.165, 1.54) is 5.75 Å². The third kappa shape index (κ3) is 8.17. The lowest BCUT2D eigenvalue weighted by Gasteiger charge is -2.13. The third-order valence-corrected chi connectivity index (χ3v) is 2.13. The van der Waals surface area contributed by atoms with Gasteiger partial charge in [0.05, 0.1) is 0 Å². The number of nitrogens with one attached hydrogen (secondary N) is 1. The lowest BCUT2D eigenvalue weighted by molar-refractivity contribution is 0.519. The average Bonchev–Trinajstić information content (AvgIpc) is 1.97. The van der Waals surface area contributed by atoms with Crippen molar-refractivity contribution in [3.05, 3.63) is 0 Å². The summed E-state index contributed by atoms with van der Waals surface area (Å²) in [7, 11) is 0. The van der Waals surface area contributed by atoms with Crippen LogP contribution in [0.2, 0.25) is 0 Å². The summed E-state index contributed by atoms with van der Waals surface area (Å²) in [4.78, 5) is 0. The molecular formula is C8H20N2S. The van der Waals surface area contributed by atoms with Gasteiger partial charge in [-0.3, -0.25) is 0 Å². The Morgan fingerprint density at radius 1 is 1.45 bits per heavy atom. The molecular weight excluding hydrogens is 156 g/mol. The van der Waals surface area contributed by atoms with Crippen molar-refractivity contribution in [2.45, 2.75) is 32.4 Å². The molecule has 1 atom stereocenters. The van der Waals surface area contributed by atoms with Crippen LogP contribution in [-0.4, -0.2) is 30.6 Å². The molecule has 0 aromatic rings. The van der Waals surface area contributed by atoms with E-state index in [9.17, 15) is 0 Å². The molecule has 0 amide bonds. The first kappa shape index (κ1) is 11.3. The first-order valence-electron chi connectivity index (χ1n) is 4.14.